The molecule has 0 radical (unpaired) electrons. The van der Waals surface area contributed by atoms with Crippen molar-refractivity contribution in [3.63, 3.8) is 0 Å². The van der Waals surface area contributed by atoms with Crippen molar-refractivity contribution in [3.05, 3.63) is 48.2 Å². The third-order valence-corrected chi connectivity index (χ3v) is 5.46. The Labute approximate surface area is 173 Å². The molecule has 1 aliphatic heterocycles. The number of nitrogens with zero attached hydrogens (tertiary/aromatic N) is 3. The van der Waals surface area contributed by atoms with Crippen LogP contribution < -0.4 is 4.90 Å². The average Bonchev–Trinajstić information content (AvgIpc) is 2.73. The first-order valence-corrected chi connectivity index (χ1v) is 10.4. The van der Waals surface area contributed by atoms with E-state index in [1.54, 1.807) is 6.20 Å². The van der Waals surface area contributed by atoms with Crippen molar-refractivity contribution in [2.75, 3.05) is 32.1 Å². The molecule has 0 aliphatic carbocycles. The summed E-state index contributed by atoms with van der Waals surface area (Å²) in [4.78, 5) is 33.7. The molecule has 1 saturated heterocycles. The smallest absolute Gasteiger partial charge is 0.255 e. The van der Waals surface area contributed by atoms with Crippen molar-refractivity contribution >= 4 is 17.4 Å². The predicted octanol–water partition coefficient (Wildman–Crippen LogP) is 4.28. The molecule has 0 saturated carbocycles. The van der Waals surface area contributed by atoms with Crippen molar-refractivity contribution < 1.29 is 9.59 Å². The van der Waals surface area contributed by atoms with E-state index in [0.29, 0.717) is 31.0 Å². The number of likely N-dealkylation sites (tertiary alicyclic amines) is 1. The summed E-state index contributed by atoms with van der Waals surface area (Å²) in [5.74, 6) is 0.579. The van der Waals surface area contributed by atoms with Gasteiger partial charge in [-0.25, -0.2) is 0 Å². The zero-order valence-corrected chi connectivity index (χ0v) is 17.9. The van der Waals surface area contributed by atoms with Gasteiger partial charge in [0.25, 0.3) is 5.91 Å². The first-order valence-electron chi connectivity index (χ1n) is 10.4. The van der Waals surface area contributed by atoms with Crippen LogP contribution in [0.1, 0.15) is 43.5 Å². The molecule has 154 valence electrons. The van der Waals surface area contributed by atoms with Crippen LogP contribution in [0.5, 0.6) is 0 Å². The van der Waals surface area contributed by atoms with E-state index in [1.807, 2.05) is 43.3 Å². The van der Waals surface area contributed by atoms with Gasteiger partial charge >= 0.3 is 0 Å². The van der Waals surface area contributed by atoms with Crippen LogP contribution in [0.15, 0.2) is 42.6 Å². The van der Waals surface area contributed by atoms with Gasteiger partial charge in [0, 0.05) is 57.0 Å². The molecule has 1 aliphatic rings. The number of hydrogen-bond acceptors (Lipinski definition) is 4. The van der Waals surface area contributed by atoms with E-state index in [9.17, 15) is 9.59 Å². The predicted molar refractivity (Wildman–Crippen MR) is 117 cm³/mol. The van der Waals surface area contributed by atoms with E-state index < -0.39 is 0 Å². The van der Waals surface area contributed by atoms with Gasteiger partial charge in [0.05, 0.1) is 11.3 Å². The van der Waals surface area contributed by atoms with Gasteiger partial charge in [-0.3, -0.25) is 14.6 Å². The second kappa shape index (κ2) is 9.21. The first kappa shape index (κ1) is 21.0. The van der Waals surface area contributed by atoms with Crippen LogP contribution in [0.3, 0.4) is 0 Å². The third kappa shape index (κ3) is 5.22. The summed E-state index contributed by atoms with van der Waals surface area (Å²) in [6.07, 6.45) is 4.01. The number of piperidine rings is 1. The molecule has 1 fully saturated rings. The molecule has 0 spiro atoms. The Balaban J connectivity index is 1.67. The number of rotatable bonds is 6. The number of pyridine rings is 1. The molecule has 3 rings (SSSR count). The second-order valence-electron chi connectivity index (χ2n) is 8.53. The molecule has 5 nitrogen and oxygen atoms in total. The quantitative estimate of drug-likeness (QED) is 0.735. The second-order valence-corrected chi connectivity index (χ2v) is 8.53. The third-order valence-electron chi connectivity index (χ3n) is 5.46. The van der Waals surface area contributed by atoms with Crippen molar-refractivity contribution in [1.29, 1.82) is 0 Å². The van der Waals surface area contributed by atoms with Crippen LogP contribution in [-0.2, 0) is 4.79 Å². The van der Waals surface area contributed by atoms with Gasteiger partial charge in [0.2, 0.25) is 0 Å². The summed E-state index contributed by atoms with van der Waals surface area (Å²) in [5, 5.41) is 0. The summed E-state index contributed by atoms with van der Waals surface area (Å²) in [6, 6.07) is 11.9. The molecule has 1 amide bonds. The number of aromatic nitrogens is 1. The van der Waals surface area contributed by atoms with Crippen LogP contribution in [0.4, 0.5) is 5.69 Å². The minimum Gasteiger partial charge on any atom is -0.378 e. The zero-order valence-electron chi connectivity index (χ0n) is 17.9. The fourth-order valence-electron chi connectivity index (χ4n) is 3.80. The summed E-state index contributed by atoms with van der Waals surface area (Å²) < 4.78 is 0. The Bertz CT molecular complexity index is 841. The SMILES string of the molecule is CC(C)CC(=O)[C@@H]1CCCN(C(=O)c2ccc(-c3ccc(N(C)C)cc3)nc2)C1. The Morgan fingerprint density at radius 2 is 1.86 bits per heavy atom. The van der Waals surface area contributed by atoms with E-state index in [2.05, 4.69) is 35.9 Å². The monoisotopic (exact) mass is 393 g/mol. The molecule has 1 atom stereocenters. The molecule has 0 bridgehead atoms. The maximum atomic E-state index is 12.9. The molecule has 2 heterocycles. The topological polar surface area (TPSA) is 53.5 Å². The molecule has 0 N–H and O–H groups in total. The van der Waals surface area contributed by atoms with Gasteiger partial charge in [0.1, 0.15) is 5.78 Å². The Morgan fingerprint density at radius 3 is 2.45 bits per heavy atom. The molecule has 2 aromatic rings. The minimum absolute atomic E-state index is 0.0301. The molecule has 0 unspecified atom stereocenters. The van der Waals surface area contributed by atoms with Gasteiger partial charge in [-0.05, 0) is 43.0 Å². The lowest BCUT2D eigenvalue weighted by Crippen LogP contribution is -2.42. The van der Waals surface area contributed by atoms with Crippen LogP contribution in [0.2, 0.25) is 0 Å². The van der Waals surface area contributed by atoms with Gasteiger partial charge in [-0.2, -0.15) is 0 Å². The highest BCUT2D eigenvalue weighted by Crippen LogP contribution is 2.24. The lowest BCUT2D eigenvalue weighted by Gasteiger charge is -2.32. The van der Waals surface area contributed by atoms with Gasteiger partial charge in [0.15, 0.2) is 0 Å². The van der Waals surface area contributed by atoms with Gasteiger partial charge in [-0.15, -0.1) is 0 Å². The summed E-state index contributed by atoms with van der Waals surface area (Å²) in [6.45, 7) is 5.35. The van der Waals surface area contributed by atoms with E-state index in [4.69, 9.17) is 0 Å². The highest BCUT2D eigenvalue weighted by molar-refractivity contribution is 5.94. The van der Waals surface area contributed by atoms with Crippen molar-refractivity contribution in [2.24, 2.45) is 11.8 Å². The van der Waals surface area contributed by atoms with E-state index >= 15 is 0 Å². The van der Waals surface area contributed by atoms with Crippen molar-refractivity contribution in [2.45, 2.75) is 33.1 Å². The number of Topliss-reactive ketones (excluding diaryl/α,β-unsaturated/α-hetero) is 1. The summed E-state index contributed by atoms with van der Waals surface area (Å²) in [5.41, 5.74) is 3.57. The van der Waals surface area contributed by atoms with Gasteiger partial charge < -0.3 is 9.80 Å². The van der Waals surface area contributed by atoms with E-state index in [1.165, 1.54) is 0 Å². The van der Waals surface area contributed by atoms with E-state index in [-0.39, 0.29) is 17.6 Å². The number of ketones is 1. The number of benzene rings is 1. The highest BCUT2D eigenvalue weighted by Gasteiger charge is 2.29. The fourth-order valence-corrected chi connectivity index (χ4v) is 3.80. The molecular weight excluding hydrogens is 362 g/mol. The number of carbonyl (C=O) groups is 2. The Hall–Kier alpha value is -2.69. The minimum atomic E-state index is -0.0333. The largest absolute Gasteiger partial charge is 0.378 e. The average molecular weight is 394 g/mol. The zero-order chi connectivity index (χ0) is 21.0. The highest BCUT2D eigenvalue weighted by atomic mass is 16.2. The summed E-state index contributed by atoms with van der Waals surface area (Å²) in [7, 11) is 4.02. The Kier molecular flexibility index (Phi) is 6.68. The van der Waals surface area contributed by atoms with E-state index in [0.717, 1.165) is 29.8 Å². The molecule has 1 aromatic heterocycles. The molecular formula is C24H31N3O2. The lowest BCUT2D eigenvalue weighted by atomic mass is 9.89. The molecule has 1 aromatic carbocycles. The molecule has 29 heavy (non-hydrogen) atoms. The fraction of sp³-hybridized carbons (Fsp3) is 0.458. The Morgan fingerprint density at radius 1 is 1.14 bits per heavy atom. The van der Waals surface area contributed by atoms with Gasteiger partial charge in [-0.1, -0.05) is 26.0 Å². The van der Waals surface area contributed by atoms with Crippen molar-refractivity contribution in [3.8, 4) is 11.3 Å². The number of hydrogen-bond donors (Lipinski definition) is 0. The van der Waals surface area contributed by atoms with Crippen LogP contribution in [-0.4, -0.2) is 48.8 Å². The number of carbonyl (C=O) groups excluding carboxylic acids is 2. The van der Waals surface area contributed by atoms with Crippen LogP contribution in [0, 0.1) is 11.8 Å². The van der Waals surface area contributed by atoms with Crippen molar-refractivity contribution in [1.82, 2.24) is 9.88 Å². The molecule has 5 heteroatoms. The first-order chi connectivity index (χ1) is 13.8. The lowest BCUT2D eigenvalue weighted by molar-refractivity contribution is -0.124. The number of amides is 1. The standard InChI is InChI=1S/C24H31N3O2/c1-17(2)14-23(28)20-6-5-13-27(16-20)24(29)19-9-12-22(25-15-19)18-7-10-21(11-8-18)26(3)4/h7-12,15,17,20H,5-6,13-14,16H2,1-4H3/t20-/m1/s1. The van der Waals surface area contributed by atoms with Crippen LogP contribution >= 0.6 is 0 Å². The number of anilines is 1. The normalized spacial score (nSPS) is 16.7. The maximum absolute atomic E-state index is 12.9. The summed E-state index contributed by atoms with van der Waals surface area (Å²) >= 11 is 0. The van der Waals surface area contributed by atoms with Crippen LogP contribution in [0.25, 0.3) is 11.3 Å². The maximum Gasteiger partial charge on any atom is 0.255 e.